The average molecular weight is 504 g/mol. The molecule has 4 aromatic rings. The number of hydrogen-bond donors (Lipinski definition) is 1. The van der Waals surface area contributed by atoms with Crippen molar-refractivity contribution >= 4 is 44.3 Å². The number of ketones is 1. The number of anilines is 1. The van der Waals surface area contributed by atoms with E-state index in [9.17, 15) is 19.5 Å². The zero-order valence-corrected chi connectivity index (χ0v) is 18.9. The second-order valence-electron chi connectivity index (χ2n) is 7.98. The van der Waals surface area contributed by atoms with Gasteiger partial charge in [0.05, 0.1) is 18.7 Å². The summed E-state index contributed by atoms with van der Waals surface area (Å²) in [4.78, 5) is 40.6. The van der Waals surface area contributed by atoms with Crippen molar-refractivity contribution in [3.63, 3.8) is 0 Å². The van der Waals surface area contributed by atoms with Gasteiger partial charge in [0.1, 0.15) is 11.1 Å². The van der Waals surface area contributed by atoms with E-state index in [1.54, 1.807) is 42.5 Å². The molecule has 0 fully saturated rings. The van der Waals surface area contributed by atoms with E-state index in [0.29, 0.717) is 26.7 Å². The second kappa shape index (κ2) is 8.10. The van der Waals surface area contributed by atoms with Crippen LogP contribution in [-0.4, -0.2) is 16.8 Å². The molecule has 1 N–H and O–H groups in total. The maximum atomic E-state index is 13.5. The van der Waals surface area contributed by atoms with E-state index < -0.39 is 29.3 Å². The lowest BCUT2D eigenvalue weighted by molar-refractivity contribution is -0.136. The molecule has 0 radical (unpaired) electrons. The zero-order chi connectivity index (χ0) is 23.2. The number of nitrogens with zero attached hydrogens (tertiary/aromatic N) is 1. The topological polar surface area (TPSA) is 87.8 Å². The standard InChI is InChI=1S/C26H18BrNO5/c27-18-10-11-21-20(13-18)26(32,25(31)28(21)15-16-6-2-1-3-7-16)14-22(29)19-12-17-8-4-5-9-23(17)33-24(19)30/h1-13,32H,14-15H2/t26-/m1/s1. The number of fused-ring (bicyclic) bond motifs is 2. The average Bonchev–Trinajstić information content (AvgIpc) is 3.00. The van der Waals surface area contributed by atoms with Gasteiger partial charge in [-0.05, 0) is 35.9 Å². The summed E-state index contributed by atoms with van der Waals surface area (Å²) in [7, 11) is 0. The molecule has 0 spiro atoms. The van der Waals surface area contributed by atoms with E-state index in [-0.39, 0.29) is 12.1 Å². The molecule has 3 aromatic carbocycles. The molecule has 0 saturated heterocycles. The van der Waals surface area contributed by atoms with Crippen LogP contribution in [-0.2, 0) is 16.9 Å². The summed E-state index contributed by atoms with van der Waals surface area (Å²) < 4.78 is 5.92. The Kier molecular flexibility index (Phi) is 5.23. The number of halogens is 1. The van der Waals surface area contributed by atoms with Crippen LogP contribution >= 0.6 is 15.9 Å². The summed E-state index contributed by atoms with van der Waals surface area (Å²) in [5.74, 6) is -1.28. The van der Waals surface area contributed by atoms with Gasteiger partial charge in [0.25, 0.3) is 5.91 Å². The summed E-state index contributed by atoms with van der Waals surface area (Å²) in [6.07, 6.45) is -0.580. The normalized spacial score (nSPS) is 17.4. The van der Waals surface area contributed by atoms with Gasteiger partial charge in [-0.25, -0.2) is 4.79 Å². The van der Waals surface area contributed by atoms with Crippen molar-refractivity contribution in [3.05, 3.63) is 110 Å². The molecular weight excluding hydrogens is 486 g/mol. The van der Waals surface area contributed by atoms with Gasteiger partial charge in [0.15, 0.2) is 11.4 Å². The summed E-state index contributed by atoms with van der Waals surface area (Å²) in [5, 5.41) is 12.1. The number of aliphatic hydroxyl groups is 1. The minimum Gasteiger partial charge on any atom is -0.422 e. The Morgan fingerprint density at radius 1 is 0.970 bits per heavy atom. The van der Waals surface area contributed by atoms with Crippen molar-refractivity contribution in [3.8, 4) is 0 Å². The van der Waals surface area contributed by atoms with Gasteiger partial charge in [-0.1, -0.05) is 64.5 Å². The van der Waals surface area contributed by atoms with Crippen molar-refractivity contribution in [1.82, 2.24) is 0 Å². The molecule has 0 bridgehead atoms. The second-order valence-corrected chi connectivity index (χ2v) is 8.90. The molecule has 0 unspecified atom stereocenters. The highest BCUT2D eigenvalue weighted by molar-refractivity contribution is 9.10. The summed E-state index contributed by atoms with van der Waals surface area (Å²) in [6, 6.07) is 22.8. The Morgan fingerprint density at radius 3 is 2.48 bits per heavy atom. The highest BCUT2D eigenvalue weighted by Crippen LogP contribution is 2.44. The predicted molar refractivity (Wildman–Crippen MR) is 127 cm³/mol. The Balaban J connectivity index is 1.54. The van der Waals surface area contributed by atoms with Crippen LogP contribution < -0.4 is 10.5 Å². The van der Waals surface area contributed by atoms with Crippen molar-refractivity contribution in [1.29, 1.82) is 0 Å². The van der Waals surface area contributed by atoms with Crippen LogP contribution in [0.3, 0.4) is 0 Å². The van der Waals surface area contributed by atoms with Crippen molar-refractivity contribution < 1.29 is 19.1 Å². The number of hydrogen-bond acceptors (Lipinski definition) is 5. The summed E-state index contributed by atoms with van der Waals surface area (Å²) >= 11 is 3.38. The van der Waals surface area contributed by atoms with Crippen LogP contribution in [0.5, 0.6) is 0 Å². The predicted octanol–water partition coefficient (Wildman–Crippen LogP) is 4.56. The maximum Gasteiger partial charge on any atom is 0.347 e. The van der Waals surface area contributed by atoms with Crippen LogP contribution in [0.15, 0.2) is 92.5 Å². The fourth-order valence-corrected chi connectivity index (χ4v) is 4.56. The van der Waals surface area contributed by atoms with Gasteiger partial charge in [-0.15, -0.1) is 0 Å². The molecular formula is C26H18BrNO5. The van der Waals surface area contributed by atoms with Crippen LogP contribution in [0.4, 0.5) is 5.69 Å². The van der Waals surface area contributed by atoms with Gasteiger partial charge >= 0.3 is 5.63 Å². The highest BCUT2D eigenvalue weighted by Gasteiger charge is 2.51. The molecule has 6 nitrogen and oxygen atoms in total. The lowest BCUT2D eigenvalue weighted by atomic mass is 9.88. The van der Waals surface area contributed by atoms with Crippen molar-refractivity contribution in [2.24, 2.45) is 0 Å². The molecule has 164 valence electrons. The Bertz CT molecular complexity index is 1460. The van der Waals surface area contributed by atoms with Gasteiger partial charge in [0, 0.05) is 15.4 Å². The largest absolute Gasteiger partial charge is 0.422 e. The monoisotopic (exact) mass is 503 g/mol. The van der Waals surface area contributed by atoms with Crippen molar-refractivity contribution in [2.45, 2.75) is 18.6 Å². The Morgan fingerprint density at radius 2 is 1.70 bits per heavy atom. The van der Waals surface area contributed by atoms with Crippen LogP contribution in [0.1, 0.15) is 27.9 Å². The van der Waals surface area contributed by atoms with Crippen LogP contribution in [0.25, 0.3) is 11.0 Å². The first-order chi connectivity index (χ1) is 15.9. The fraction of sp³-hybridized carbons (Fsp3) is 0.115. The fourth-order valence-electron chi connectivity index (χ4n) is 4.20. The number of rotatable bonds is 5. The van der Waals surface area contributed by atoms with E-state index in [4.69, 9.17) is 4.42 Å². The van der Waals surface area contributed by atoms with Crippen molar-refractivity contribution in [2.75, 3.05) is 4.90 Å². The molecule has 0 aliphatic carbocycles. The molecule has 7 heteroatoms. The molecule has 5 rings (SSSR count). The maximum absolute atomic E-state index is 13.5. The smallest absolute Gasteiger partial charge is 0.347 e. The number of carbonyl (C=O) groups is 2. The number of benzene rings is 3. The van der Waals surface area contributed by atoms with E-state index >= 15 is 0 Å². The van der Waals surface area contributed by atoms with Gasteiger partial charge < -0.3 is 14.4 Å². The minimum atomic E-state index is -2.11. The number of Topliss-reactive ketones (excluding diaryl/α,β-unsaturated/α-hetero) is 1. The molecule has 1 amide bonds. The SMILES string of the molecule is O=C(C[C@]1(O)C(=O)N(Cc2ccccc2)c2ccc(Br)cc21)c1cc2ccccc2oc1=O. The molecule has 1 aromatic heterocycles. The molecule has 33 heavy (non-hydrogen) atoms. The first-order valence-electron chi connectivity index (χ1n) is 10.3. The first kappa shape index (κ1) is 21.3. The zero-order valence-electron chi connectivity index (χ0n) is 17.3. The Hall–Kier alpha value is -3.55. The van der Waals surface area contributed by atoms with E-state index in [1.807, 2.05) is 30.3 Å². The molecule has 2 heterocycles. The lowest BCUT2D eigenvalue weighted by Gasteiger charge is -2.22. The Labute approximate surface area is 197 Å². The lowest BCUT2D eigenvalue weighted by Crippen LogP contribution is -2.42. The number of para-hydroxylation sites is 1. The van der Waals surface area contributed by atoms with E-state index in [0.717, 1.165) is 5.56 Å². The van der Waals surface area contributed by atoms with Gasteiger partial charge in [-0.3, -0.25) is 9.59 Å². The molecule has 1 aliphatic rings. The molecule has 0 saturated carbocycles. The quantitative estimate of drug-likeness (QED) is 0.318. The van der Waals surface area contributed by atoms with Crippen LogP contribution in [0.2, 0.25) is 0 Å². The van der Waals surface area contributed by atoms with Gasteiger partial charge in [0.2, 0.25) is 0 Å². The molecule has 1 atom stereocenters. The summed E-state index contributed by atoms with van der Waals surface area (Å²) in [6.45, 7) is 0.239. The van der Waals surface area contributed by atoms with Gasteiger partial charge in [-0.2, -0.15) is 0 Å². The van der Waals surface area contributed by atoms with E-state index in [1.165, 1.54) is 11.0 Å². The number of amides is 1. The third-order valence-corrected chi connectivity index (χ3v) is 6.33. The minimum absolute atomic E-state index is 0.201. The van der Waals surface area contributed by atoms with E-state index in [2.05, 4.69) is 15.9 Å². The first-order valence-corrected chi connectivity index (χ1v) is 11.1. The number of carbonyl (C=O) groups excluding carboxylic acids is 2. The van der Waals surface area contributed by atoms with Crippen LogP contribution in [0, 0.1) is 0 Å². The third kappa shape index (κ3) is 3.69. The highest BCUT2D eigenvalue weighted by atomic mass is 79.9. The third-order valence-electron chi connectivity index (χ3n) is 5.84. The summed E-state index contributed by atoms with van der Waals surface area (Å²) in [5.41, 5.74) is -1.03. The molecule has 1 aliphatic heterocycles.